The van der Waals surface area contributed by atoms with Crippen LogP contribution in [0.4, 0.5) is 11.4 Å². The minimum atomic E-state index is -3.76. The number of aryl methyl sites for hydroxylation is 1. The number of sulfonamides is 1. The van der Waals surface area contributed by atoms with Gasteiger partial charge in [0.1, 0.15) is 0 Å². The summed E-state index contributed by atoms with van der Waals surface area (Å²) in [6.45, 7) is 4.71. The van der Waals surface area contributed by atoms with Crippen LogP contribution in [0, 0.1) is 6.92 Å². The van der Waals surface area contributed by atoms with Gasteiger partial charge in [0.25, 0.3) is 5.91 Å². The summed E-state index contributed by atoms with van der Waals surface area (Å²) < 4.78 is 27.5. The third kappa shape index (κ3) is 6.37. The first-order valence-electron chi connectivity index (χ1n) is 10.4. The molecule has 176 valence electrons. The highest BCUT2D eigenvalue weighted by atomic mass is 32.2. The van der Waals surface area contributed by atoms with E-state index in [2.05, 4.69) is 15.4 Å². The highest BCUT2D eigenvalue weighted by Gasteiger charge is 2.15. The molecule has 2 amide bonds. The van der Waals surface area contributed by atoms with E-state index in [0.717, 1.165) is 5.56 Å². The van der Waals surface area contributed by atoms with Crippen molar-refractivity contribution in [1.82, 2.24) is 4.72 Å². The van der Waals surface area contributed by atoms with Crippen LogP contribution in [-0.2, 0) is 21.4 Å². The van der Waals surface area contributed by atoms with E-state index in [1.807, 2.05) is 13.0 Å². The van der Waals surface area contributed by atoms with Gasteiger partial charge in [0.2, 0.25) is 15.9 Å². The Balaban J connectivity index is 1.66. The number of rotatable bonds is 8. The monoisotopic (exact) mass is 479 g/mol. The van der Waals surface area contributed by atoms with Crippen LogP contribution < -0.4 is 15.4 Å². The molecule has 0 radical (unpaired) electrons. The lowest BCUT2D eigenvalue weighted by Gasteiger charge is -2.13. The van der Waals surface area contributed by atoms with Crippen LogP contribution in [0.1, 0.15) is 45.7 Å². The van der Waals surface area contributed by atoms with Crippen molar-refractivity contribution < 1.29 is 22.8 Å². The Morgan fingerprint density at radius 1 is 0.765 bits per heavy atom. The number of amides is 2. The molecule has 0 aliphatic carbocycles. The zero-order chi connectivity index (χ0) is 24.9. The molecule has 0 aromatic heterocycles. The summed E-state index contributed by atoms with van der Waals surface area (Å²) in [7, 11) is -3.76. The van der Waals surface area contributed by atoms with Crippen molar-refractivity contribution in [3.05, 3.63) is 89.0 Å². The van der Waals surface area contributed by atoms with Gasteiger partial charge in [0.15, 0.2) is 5.78 Å². The van der Waals surface area contributed by atoms with E-state index in [1.54, 1.807) is 36.4 Å². The Hall–Kier alpha value is -3.82. The smallest absolute Gasteiger partial charge is 0.255 e. The standard InChI is InChI=1S/C25H25N3O5S/c1-16-4-13-23(27-18(3)30)24(14-16)28-25(31)21-7-5-19(6-8-21)15-26-34(32,33)22-11-9-20(10-12-22)17(2)29/h4-14,26H,15H2,1-3H3,(H,27,30)(H,28,31). The predicted molar refractivity (Wildman–Crippen MR) is 130 cm³/mol. The van der Waals surface area contributed by atoms with Gasteiger partial charge in [0, 0.05) is 24.6 Å². The topological polar surface area (TPSA) is 121 Å². The van der Waals surface area contributed by atoms with Crippen molar-refractivity contribution in [1.29, 1.82) is 0 Å². The molecule has 0 heterocycles. The predicted octanol–water partition coefficient (Wildman–Crippen LogP) is 3.89. The molecule has 0 bridgehead atoms. The summed E-state index contributed by atoms with van der Waals surface area (Å²) in [6.07, 6.45) is 0. The number of anilines is 2. The zero-order valence-electron chi connectivity index (χ0n) is 19.0. The largest absolute Gasteiger partial charge is 0.325 e. The summed E-state index contributed by atoms with van der Waals surface area (Å²) in [6, 6.07) is 17.5. The first kappa shape index (κ1) is 24.8. The number of hydrogen-bond acceptors (Lipinski definition) is 5. The van der Waals surface area contributed by atoms with Crippen LogP contribution in [0.2, 0.25) is 0 Å². The number of benzene rings is 3. The lowest BCUT2D eigenvalue weighted by molar-refractivity contribution is -0.114. The van der Waals surface area contributed by atoms with E-state index < -0.39 is 10.0 Å². The average molecular weight is 480 g/mol. The molecule has 9 heteroatoms. The molecule has 0 saturated heterocycles. The number of carbonyl (C=O) groups is 3. The molecule has 0 fully saturated rings. The molecule has 3 aromatic rings. The summed E-state index contributed by atoms with van der Waals surface area (Å²) >= 11 is 0. The quantitative estimate of drug-likeness (QED) is 0.423. The van der Waals surface area contributed by atoms with E-state index in [1.165, 1.54) is 38.1 Å². The molecule has 0 atom stereocenters. The summed E-state index contributed by atoms with van der Waals surface area (Å²) in [5.41, 5.74) is 3.36. The highest BCUT2D eigenvalue weighted by Crippen LogP contribution is 2.24. The summed E-state index contributed by atoms with van der Waals surface area (Å²) in [5.74, 6) is -0.759. The molecular formula is C25H25N3O5S. The fourth-order valence-corrected chi connectivity index (χ4v) is 4.18. The van der Waals surface area contributed by atoms with Crippen molar-refractivity contribution in [2.45, 2.75) is 32.2 Å². The second-order valence-electron chi connectivity index (χ2n) is 7.79. The molecule has 0 aliphatic heterocycles. The van der Waals surface area contributed by atoms with Crippen LogP contribution in [0.25, 0.3) is 0 Å². The number of Topliss-reactive ketones (excluding diaryl/α,β-unsaturated/α-hetero) is 1. The van der Waals surface area contributed by atoms with Gasteiger partial charge in [-0.1, -0.05) is 30.3 Å². The van der Waals surface area contributed by atoms with Crippen LogP contribution in [0.15, 0.2) is 71.6 Å². The third-order valence-electron chi connectivity index (χ3n) is 4.99. The molecule has 0 aliphatic rings. The van der Waals surface area contributed by atoms with E-state index in [-0.39, 0.29) is 29.0 Å². The maximum absolute atomic E-state index is 12.7. The van der Waals surface area contributed by atoms with Crippen molar-refractivity contribution in [2.75, 3.05) is 10.6 Å². The average Bonchev–Trinajstić information content (AvgIpc) is 2.79. The normalized spacial score (nSPS) is 11.0. The van der Waals surface area contributed by atoms with Crippen molar-refractivity contribution in [3.63, 3.8) is 0 Å². The van der Waals surface area contributed by atoms with Gasteiger partial charge in [-0.05, 0) is 61.4 Å². The van der Waals surface area contributed by atoms with Gasteiger partial charge in [-0.25, -0.2) is 13.1 Å². The van der Waals surface area contributed by atoms with E-state index in [4.69, 9.17) is 0 Å². The van der Waals surface area contributed by atoms with Gasteiger partial charge in [-0.2, -0.15) is 0 Å². The number of nitrogens with one attached hydrogen (secondary N) is 3. The molecule has 3 N–H and O–H groups in total. The summed E-state index contributed by atoms with van der Waals surface area (Å²) in [5, 5.41) is 5.48. The number of carbonyl (C=O) groups excluding carboxylic acids is 3. The molecule has 0 unspecified atom stereocenters. The van der Waals surface area contributed by atoms with E-state index in [0.29, 0.717) is 28.1 Å². The maximum atomic E-state index is 12.7. The van der Waals surface area contributed by atoms with Gasteiger partial charge >= 0.3 is 0 Å². The van der Waals surface area contributed by atoms with Crippen molar-refractivity contribution in [3.8, 4) is 0 Å². The number of hydrogen-bond donors (Lipinski definition) is 3. The minimum Gasteiger partial charge on any atom is -0.325 e. The maximum Gasteiger partial charge on any atom is 0.255 e. The van der Waals surface area contributed by atoms with Gasteiger partial charge in [-0.15, -0.1) is 0 Å². The fraction of sp³-hybridized carbons (Fsp3) is 0.160. The molecule has 3 aromatic carbocycles. The zero-order valence-corrected chi connectivity index (χ0v) is 19.8. The van der Waals surface area contributed by atoms with Crippen molar-refractivity contribution in [2.24, 2.45) is 0 Å². The van der Waals surface area contributed by atoms with Gasteiger partial charge in [-0.3, -0.25) is 14.4 Å². The first-order chi connectivity index (χ1) is 16.0. The molecule has 8 nitrogen and oxygen atoms in total. The van der Waals surface area contributed by atoms with Crippen LogP contribution in [0.5, 0.6) is 0 Å². The highest BCUT2D eigenvalue weighted by molar-refractivity contribution is 7.89. The lowest BCUT2D eigenvalue weighted by Crippen LogP contribution is -2.23. The van der Waals surface area contributed by atoms with E-state index in [9.17, 15) is 22.8 Å². The second-order valence-corrected chi connectivity index (χ2v) is 9.55. The second kappa shape index (κ2) is 10.4. The molecule has 0 spiro atoms. The SMILES string of the molecule is CC(=O)Nc1ccc(C)cc1NC(=O)c1ccc(CNS(=O)(=O)c2ccc(C(C)=O)cc2)cc1. The lowest BCUT2D eigenvalue weighted by atomic mass is 10.1. The van der Waals surface area contributed by atoms with Crippen molar-refractivity contribution >= 4 is 39.0 Å². The Kier molecular flexibility index (Phi) is 7.60. The van der Waals surface area contributed by atoms with Gasteiger partial charge in [0.05, 0.1) is 16.3 Å². The Bertz CT molecular complexity index is 1330. The fourth-order valence-electron chi connectivity index (χ4n) is 3.16. The Morgan fingerprint density at radius 2 is 1.38 bits per heavy atom. The Morgan fingerprint density at radius 3 is 1.97 bits per heavy atom. The molecule has 0 saturated carbocycles. The van der Waals surface area contributed by atoms with Crippen LogP contribution in [-0.4, -0.2) is 26.0 Å². The number of ketones is 1. The molecule has 34 heavy (non-hydrogen) atoms. The van der Waals surface area contributed by atoms with Gasteiger partial charge < -0.3 is 10.6 Å². The van der Waals surface area contributed by atoms with Crippen LogP contribution in [0.3, 0.4) is 0 Å². The summed E-state index contributed by atoms with van der Waals surface area (Å²) in [4.78, 5) is 35.5. The van der Waals surface area contributed by atoms with Crippen LogP contribution >= 0.6 is 0 Å². The first-order valence-corrected chi connectivity index (χ1v) is 11.9. The Labute approximate surface area is 198 Å². The molecular weight excluding hydrogens is 454 g/mol. The van der Waals surface area contributed by atoms with E-state index >= 15 is 0 Å². The molecule has 3 rings (SSSR count). The minimum absolute atomic E-state index is 0.0310. The third-order valence-corrected chi connectivity index (χ3v) is 6.40.